The highest BCUT2D eigenvalue weighted by molar-refractivity contribution is 4.57. The highest BCUT2D eigenvalue weighted by Gasteiger charge is 1.70. The molecular formula is C5H11N3. The van der Waals surface area contributed by atoms with Gasteiger partial charge in [-0.2, -0.15) is 15.0 Å². The van der Waals surface area contributed by atoms with E-state index in [0.29, 0.717) is 0 Å². The standard InChI is InChI=1S/C3H5N3.C2H6/c1-6-4-2-3-5-6;1-2/h2-3H,1H3;1-2H3. The molecule has 3 heteroatoms. The fraction of sp³-hybridized carbons (Fsp3) is 0.600. The van der Waals surface area contributed by atoms with E-state index in [1.54, 1.807) is 19.4 Å². The highest BCUT2D eigenvalue weighted by atomic mass is 15.4. The molecule has 0 aliphatic heterocycles. The van der Waals surface area contributed by atoms with Crippen molar-refractivity contribution >= 4 is 0 Å². The number of rotatable bonds is 0. The minimum atomic E-state index is 1.50. The van der Waals surface area contributed by atoms with Gasteiger partial charge in [-0.15, -0.1) is 0 Å². The largest absolute Gasteiger partial charge is 0.188 e. The predicted octanol–water partition coefficient (Wildman–Crippen LogP) is 0.841. The van der Waals surface area contributed by atoms with Crippen molar-refractivity contribution in [1.29, 1.82) is 0 Å². The molecule has 1 aromatic heterocycles. The van der Waals surface area contributed by atoms with Crippen molar-refractivity contribution in [3.8, 4) is 0 Å². The molecule has 0 N–H and O–H groups in total. The van der Waals surface area contributed by atoms with Gasteiger partial charge in [0.1, 0.15) is 0 Å². The average molecular weight is 113 g/mol. The lowest BCUT2D eigenvalue weighted by atomic mass is 11.0. The lowest BCUT2D eigenvalue weighted by molar-refractivity contribution is 0.654. The zero-order valence-corrected chi connectivity index (χ0v) is 5.50. The van der Waals surface area contributed by atoms with Crippen LogP contribution in [-0.2, 0) is 7.05 Å². The van der Waals surface area contributed by atoms with E-state index in [9.17, 15) is 0 Å². The SMILES string of the molecule is CC.Cn1nccn1. The summed E-state index contributed by atoms with van der Waals surface area (Å²) in [5.41, 5.74) is 0. The summed E-state index contributed by atoms with van der Waals surface area (Å²) in [7, 11) is 1.78. The van der Waals surface area contributed by atoms with Crippen LogP contribution in [0.2, 0.25) is 0 Å². The van der Waals surface area contributed by atoms with Crippen molar-refractivity contribution in [3.05, 3.63) is 12.4 Å². The zero-order chi connectivity index (χ0) is 6.41. The van der Waals surface area contributed by atoms with Crippen LogP contribution in [0.4, 0.5) is 0 Å². The molecule has 0 saturated heterocycles. The Morgan fingerprint density at radius 1 is 1.12 bits per heavy atom. The van der Waals surface area contributed by atoms with Crippen molar-refractivity contribution in [2.45, 2.75) is 13.8 Å². The van der Waals surface area contributed by atoms with E-state index in [1.807, 2.05) is 13.8 Å². The second kappa shape index (κ2) is 4.30. The van der Waals surface area contributed by atoms with Gasteiger partial charge in [-0.1, -0.05) is 13.8 Å². The first-order valence-electron chi connectivity index (χ1n) is 2.70. The molecule has 0 aliphatic rings. The van der Waals surface area contributed by atoms with Gasteiger partial charge in [0.15, 0.2) is 0 Å². The first-order chi connectivity index (χ1) is 3.89. The van der Waals surface area contributed by atoms with Gasteiger partial charge in [0.05, 0.1) is 12.4 Å². The van der Waals surface area contributed by atoms with Crippen molar-refractivity contribution in [3.63, 3.8) is 0 Å². The Morgan fingerprint density at radius 2 is 1.50 bits per heavy atom. The van der Waals surface area contributed by atoms with Gasteiger partial charge in [-0.05, 0) is 0 Å². The van der Waals surface area contributed by atoms with Gasteiger partial charge in [0.25, 0.3) is 0 Å². The van der Waals surface area contributed by atoms with Crippen LogP contribution < -0.4 is 0 Å². The van der Waals surface area contributed by atoms with Crippen molar-refractivity contribution in [2.24, 2.45) is 7.05 Å². The van der Waals surface area contributed by atoms with Crippen molar-refractivity contribution in [2.75, 3.05) is 0 Å². The second-order valence-corrected chi connectivity index (χ2v) is 1.02. The molecule has 1 aromatic rings. The summed E-state index contributed by atoms with van der Waals surface area (Å²) in [6.45, 7) is 4.00. The number of aromatic nitrogens is 3. The van der Waals surface area contributed by atoms with Gasteiger partial charge >= 0.3 is 0 Å². The van der Waals surface area contributed by atoms with Gasteiger partial charge < -0.3 is 0 Å². The summed E-state index contributed by atoms with van der Waals surface area (Å²) in [5, 5.41) is 7.44. The van der Waals surface area contributed by atoms with E-state index in [-0.39, 0.29) is 0 Å². The van der Waals surface area contributed by atoms with E-state index >= 15 is 0 Å². The summed E-state index contributed by atoms with van der Waals surface area (Å²) < 4.78 is 0. The molecule has 0 bridgehead atoms. The monoisotopic (exact) mass is 113 g/mol. The maximum atomic E-state index is 3.72. The highest BCUT2D eigenvalue weighted by Crippen LogP contribution is 1.64. The molecule has 0 aliphatic carbocycles. The molecule has 0 spiro atoms. The quantitative estimate of drug-likeness (QED) is 0.499. The fourth-order valence-electron chi connectivity index (χ4n) is 0.282. The molecule has 46 valence electrons. The van der Waals surface area contributed by atoms with Crippen LogP contribution in [0.3, 0.4) is 0 Å². The Morgan fingerprint density at radius 3 is 1.62 bits per heavy atom. The Labute approximate surface area is 49.3 Å². The smallest absolute Gasteiger partial charge is 0.0692 e. The first-order valence-corrected chi connectivity index (χ1v) is 2.70. The maximum absolute atomic E-state index is 3.72. The molecule has 8 heavy (non-hydrogen) atoms. The third-order valence-electron chi connectivity index (χ3n) is 0.534. The molecule has 0 amide bonds. The summed E-state index contributed by atoms with van der Waals surface area (Å²) in [6, 6.07) is 0. The van der Waals surface area contributed by atoms with E-state index in [2.05, 4.69) is 10.2 Å². The summed E-state index contributed by atoms with van der Waals surface area (Å²) >= 11 is 0. The van der Waals surface area contributed by atoms with Crippen LogP contribution in [0.15, 0.2) is 12.4 Å². The summed E-state index contributed by atoms with van der Waals surface area (Å²) in [5.74, 6) is 0. The second-order valence-electron chi connectivity index (χ2n) is 1.02. The van der Waals surface area contributed by atoms with E-state index in [0.717, 1.165) is 0 Å². The van der Waals surface area contributed by atoms with Crippen LogP contribution in [0.25, 0.3) is 0 Å². The molecule has 0 radical (unpaired) electrons. The fourth-order valence-corrected chi connectivity index (χ4v) is 0.282. The van der Waals surface area contributed by atoms with Gasteiger partial charge in [0.2, 0.25) is 0 Å². The minimum Gasteiger partial charge on any atom is -0.188 e. The molecule has 0 fully saturated rings. The Balaban J connectivity index is 0.000000222. The molecule has 1 rings (SSSR count). The molecule has 0 aromatic carbocycles. The van der Waals surface area contributed by atoms with Crippen molar-refractivity contribution in [1.82, 2.24) is 15.0 Å². The normalized spacial score (nSPS) is 7.38. The molecule has 1 heterocycles. The Bertz CT molecular complexity index is 111. The van der Waals surface area contributed by atoms with Crippen LogP contribution in [0.5, 0.6) is 0 Å². The number of hydrogen-bond donors (Lipinski definition) is 0. The lowest BCUT2D eigenvalue weighted by Crippen LogP contribution is -1.89. The lowest BCUT2D eigenvalue weighted by Gasteiger charge is -1.75. The Hall–Kier alpha value is -0.860. The average Bonchev–Trinajstić information content (AvgIpc) is 2.24. The van der Waals surface area contributed by atoms with Crippen molar-refractivity contribution < 1.29 is 0 Å². The van der Waals surface area contributed by atoms with Crippen LogP contribution >= 0.6 is 0 Å². The summed E-state index contributed by atoms with van der Waals surface area (Å²) in [6.07, 6.45) is 3.28. The topological polar surface area (TPSA) is 30.7 Å². The van der Waals surface area contributed by atoms with Crippen LogP contribution in [0, 0.1) is 0 Å². The third kappa shape index (κ3) is 2.34. The summed E-state index contributed by atoms with van der Waals surface area (Å²) in [4.78, 5) is 1.50. The minimum absolute atomic E-state index is 1.50. The number of aryl methyl sites for hydroxylation is 1. The molecule has 3 nitrogen and oxygen atoms in total. The van der Waals surface area contributed by atoms with Gasteiger partial charge in [-0.25, -0.2) is 0 Å². The van der Waals surface area contributed by atoms with E-state index in [1.165, 1.54) is 4.80 Å². The Kier molecular flexibility index (Phi) is 3.84. The van der Waals surface area contributed by atoms with Gasteiger partial charge in [0, 0.05) is 7.05 Å². The van der Waals surface area contributed by atoms with Crippen LogP contribution in [0.1, 0.15) is 13.8 Å². The molecule has 0 unspecified atom stereocenters. The first kappa shape index (κ1) is 7.14. The molecule has 0 saturated carbocycles. The molecule has 0 atom stereocenters. The number of hydrogen-bond acceptors (Lipinski definition) is 2. The third-order valence-corrected chi connectivity index (χ3v) is 0.534. The van der Waals surface area contributed by atoms with Gasteiger partial charge in [-0.3, -0.25) is 0 Å². The van der Waals surface area contributed by atoms with E-state index in [4.69, 9.17) is 0 Å². The van der Waals surface area contributed by atoms with E-state index < -0.39 is 0 Å². The van der Waals surface area contributed by atoms with Crippen LogP contribution in [-0.4, -0.2) is 15.0 Å². The number of nitrogens with zero attached hydrogens (tertiary/aromatic N) is 3. The molecular weight excluding hydrogens is 102 g/mol. The predicted molar refractivity (Wildman–Crippen MR) is 32.4 cm³/mol. The maximum Gasteiger partial charge on any atom is 0.0692 e. The zero-order valence-electron chi connectivity index (χ0n) is 5.50.